The zero-order chi connectivity index (χ0) is 15.1. The van der Waals surface area contributed by atoms with Gasteiger partial charge in [0, 0.05) is 5.56 Å². The average molecular weight is 272 g/mol. The minimum Gasteiger partial charge on any atom is -0.504 e. The summed E-state index contributed by atoms with van der Waals surface area (Å²) in [6, 6.07) is 8.27. The molecular weight excluding hydrogens is 248 g/mol. The Balaban J connectivity index is 2.48. The van der Waals surface area contributed by atoms with E-state index in [1.165, 1.54) is 5.56 Å². The minimum absolute atomic E-state index is 0.141. The highest BCUT2D eigenvalue weighted by molar-refractivity contribution is 5.67. The van der Waals surface area contributed by atoms with Crippen LogP contribution in [0.3, 0.4) is 0 Å². The van der Waals surface area contributed by atoms with Gasteiger partial charge in [-0.2, -0.15) is 5.10 Å². The van der Waals surface area contributed by atoms with Crippen molar-refractivity contribution in [1.82, 2.24) is 9.78 Å². The standard InChI is InChI=1S/C17H24N2O/c1-11(2)13-7-9-14(10-8-13)15-16(20)12(3)19(18-15)17(4,5)6/h7-11,20H,1-6H3. The van der Waals surface area contributed by atoms with Crippen LogP contribution in [0.4, 0.5) is 0 Å². The summed E-state index contributed by atoms with van der Waals surface area (Å²) in [5.41, 5.74) is 3.57. The van der Waals surface area contributed by atoms with Crippen LogP contribution < -0.4 is 0 Å². The van der Waals surface area contributed by atoms with Crippen LogP contribution in [-0.4, -0.2) is 14.9 Å². The lowest BCUT2D eigenvalue weighted by molar-refractivity contribution is 0.345. The molecule has 3 heteroatoms. The topological polar surface area (TPSA) is 38.1 Å². The highest BCUT2D eigenvalue weighted by Gasteiger charge is 2.22. The van der Waals surface area contributed by atoms with Crippen LogP contribution in [0, 0.1) is 6.92 Å². The van der Waals surface area contributed by atoms with Crippen molar-refractivity contribution in [3.8, 4) is 17.0 Å². The fourth-order valence-electron chi connectivity index (χ4n) is 2.37. The van der Waals surface area contributed by atoms with Crippen molar-refractivity contribution in [1.29, 1.82) is 0 Å². The summed E-state index contributed by atoms with van der Waals surface area (Å²) in [5.74, 6) is 0.781. The van der Waals surface area contributed by atoms with E-state index in [1.807, 2.05) is 23.7 Å². The summed E-state index contributed by atoms with van der Waals surface area (Å²) in [6.07, 6.45) is 0. The fourth-order valence-corrected chi connectivity index (χ4v) is 2.37. The van der Waals surface area contributed by atoms with E-state index in [1.54, 1.807) is 0 Å². The van der Waals surface area contributed by atoms with E-state index in [0.717, 1.165) is 11.3 Å². The summed E-state index contributed by atoms with van der Waals surface area (Å²) in [7, 11) is 0. The van der Waals surface area contributed by atoms with Crippen LogP contribution >= 0.6 is 0 Å². The van der Waals surface area contributed by atoms with Crippen molar-refractivity contribution in [3.05, 3.63) is 35.5 Å². The Morgan fingerprint density at radius 1 is 1.10 bits per heavy atom. The second-order valence-electron chi connectivity index (χ2n) is 6.64. The molecule has 0 radical (unpaired) electrons. The molecule has 2 rings (SSSR count). The van der Waals surface area contributed by atoms with E-state index in [9.17, 15) is 5.11 Å². The van der Waals surface area contributed by atoms with Gasteiger partial charge in [0.25, 0.3) is 0 Å². The number of hydrogen-bond acceptors (Lipinski definition) is 2. The van der Waals surface area contributed by atoms with Crippen LogP contribution in [0.25, 0.3) is 11.3 Å². The third-order valence-electron chi connectivity index (χ3n) is 3.57. The zero-order valence-corrected chi connectivity index (χ0v) is 13.2. The maximum Gasteiger partial charge on any atom is 0.164 e. The third kappa shape index (κ3) is 2.58. The molecule has 20 heavy (non-hydrogen) atoms. The van der Waals surface area contributed by atoms with Crippen LogP contribution in [0.1, 0.15) is 51.8 Å². The highest BCUT2D eigenvalue weighted by Crippen LogP contribution is 2.34. The Morgan fingerprint density at radius 3 is 2.05 bits per heavy atom. The molecule has 1 N–H and O–H groups in total. The van der Waals surface area contributed by atoms with Crippen molar-refractivity contribution in [2.45, 2.75) is 53.0 Å². The predicted molar refractivity (Wildman–Crippen MR) is 83.1 cm³/mol. The molecule has 1 aromatic carbocycles. The summed E-state index contributed by atoms with van der Waals surface area (Å²) in [6.45, 7) is 12.5. The third-order valence-corrected chi connectivity index (χ3v) is 3.57. The lowest BCUT2D eigenvalue weighted by Gasteiger charge is -2.20. The molecule has 0 atom stereocenters. The van der Waals surface area contributed by atoms with Gasteiger partial charge in [0.1, 0.15) is 5.69 Å². The first-order valence-electron chi connectivity index (χ1n) is 7.11. The van der Waals surface area contributed by atoms with E-state index in [-0.39, 0.29) is 11.3 Å². The molecule has 0 saturated heterocycles. The van der Waals surface area contributed by atoms with Crippen molar-refractivity contribution in [2.75, 3.05) is 0 Å². The molecule has 2 aromatic rings. The van der Waals surface area contributed by atoms with Crippen molar-refractivity contribution in [3.63, 3.8) is 0 Å². The Bertz CT molecular complexity index is 601. The van der Waals surface area contributed by atoms with E-state index in [2.05, 4.69) is 51.9 Å². The van der Waals surface area contributed by atoms with Gasteiger partial charge in [-0.25, -0.2) is 0 Å². The van der Waals surface area contributed by atoms with Gasteiger partial charge < -0.3 is 5.11 Å². The van der Waals surface area contributed by atoms with Gasteiger partial charge >= 0.3 is 0 Å². The number of hydrogen-bond donors (Lipinski definition) is 1. The summed E-state index contributed by atoms with van der Waals surface area (Å²) < 4.78 is 1.88. The van der Waals surface area contributed by atoms with Gasteiger partial charge in [-0.3, -0.25) is 4.68 Å². The number of rotatable bonds is 2. The Labute approximate surface area is 121 Å². The monoisotopic (exact) mass is 272 g/mol. The molecule has 0 aliphatic heterocycles. The fraction of sp³-hybridized carbons (Fsp3) is 0.471. The number of benzene rings is 1. The summed E-state index contributed by atoms with van der Waals surface area (Å²) in [5, 5.41) is 14.9. The molecule has 0 aliphatic rings. The van der Waals surface area contributed by atoms with Gasteiger partial charge in [-0.15, -0.1) is 0 Å². The predicted octanol–water partition coefficient (Wildman–Crippen LogP) is 4.44. The number of aromatic nitrogens is 2. The lowest BCUT2D eigenvalue weighted by Crippen LogP contribution is -2.24. The van der Waals surface area contributed by atoms with Crippen molar-refractivity contribution >= 4 is 0 Å². The summed E-state index contributed by atoms with van der Waals surface area (Å²) in [4.78, 5) is 0. The van der Waals surface area contributed by atoms with Crippen LogP contribution in [0.5, 0.6) is 5.75 Å². The number of aromatic hydroxyl groups is 1. The van der Waals surface area contributed by atoms with Crippen molar-refractivity contribution < 1.29 is 5.11 Å². The SMILES string of the molecule is Cc1c(O)c(-c2ccc(C(C)C)cc2)nn1C(C)(C)C. The molecule has 1 heterocycles. The van der Waals surface area contributed by atoms with E-state index in [0.29, 0.717) is 11.6 Å². The Hall–Kier alpha value is -1.77. The molecule has 1 aromatic heterocycles. The molecule has 0 fully saturated rings. The molecule has 0 spiro atoms. The summed E-state index contributed by atoms with van der Waals surface area (Å²) >= 11 is 0. The van der Waals surface area contributed by atoms with Crippen molar-refractivity contribution in [2.24, 2.45) is 0 Å². The molecule has 0 unspecified atom stereocenters. The Kier molecular flexibility index (Phi) is 3.63. The quantitative estimate of drug-likeness (QED) is 0.877. The smallest absolute Gasteiger partial charge is 0.164 e. The van der Waals surface area contributed by atoms with Gasteiger partial charge in [-0.05, 0) is 39.2 Å². The minimum atomic E-state index is -0.141. The molecule has 108 valence electrons. The average Bonchev–Trinajstić information content (AvgIpc) is 2.66. The normalized spacial score (nSPS) is 12.2. The molecular formula is C17H24N2O. The Morgan fingerprint density at radius 2 is 1.65 bits per heavy atom. The molecule has 0 amide bonds. The van der Waals surface area contributed by atoms with Crippen LogP contribution in [-0.2, 0) is 5.54 Å². The van der Waals surface area contributed by atoms with Crippen LogP contribution in [0.2, 0.25) is 0 Å². The number of nitrogens with zero attached hydrogens (tertiary/aromatic N) is 2. The first-order chi connectivity index (χ1) is 9.21. The van der Waals surface area contributed by atoms with E-state index < -0.39 is 0 Å². The maximum atomic E-state index is 10.3. The second-order valence-corrected chi connectivity index (χ2v) is 6.64. The molecule has 3 nitrogen and oxygen atoms in total. The van der Waals surface area contributed by atoms with E-state index >= 15 is 0 Å². The molecule has 0 saturated carbocycles. The zero-order valence-electron chi connectivity index (χ0n) is 13.2. The molecule has 0 bridgehead atoms. The molecule has 0 aliphatic carbocycles. The van der Waals surface area contributed by atoms with Gasteiger partial charge in [0.15, 0.2) is 5.75 Å². The maximum absolute atomic E-state index is 10.3. The first kappa shape index (κ1) is 14.6. The van der Waals surface area contributed by atoms with E-state index in [4.69, 9.17) is 0 Å². The first-order valence-corrected chi connectivity index (χ1v) is 7.11. The second kappa shape index (κ2) is 4.97. The largest absolute Gasteiger partial charge is 0.504 e. The highest BCUT2D eigenvalue weighted by atomic mass is 16.3. The van der Waals surface area contributed by atoms with Gasteiger partial charge in [0.2, 0.25) is 0 Å². The van der Waals surface area contributed by atoms with Gasteiger partial charge in [0.05, 0.1) is 11.2 Å². The lowest BCUT2D eigenvalue weighted by atomic mass is 10.0. The van der Waals surface area contributed by atoms with Gasteiger partial charge in [-0.1, -0.05) is 38.1 Å². The van der Waals surface area contributed by atoms with Crippen LogP contribution in [0.15, 0.2) is 24.3 Å².